The fourth-order valence-electron chi connectivity index (χ4n) is 3.54. The third-order valence-corrected chi connectivity index (χ3v) is 5.03. The Bertz CT molecular complexity index is 508. The number of likely N-dealkylation sites (N-methyl/N-ethyl adjacent to an activating group) is 1. The molecule has 0 bridgehead atoms. The van der Waals surface area contributed by atoms with E-state index >= 15 is 0 Å². The molecule has 0 aromatic heterocycles. The number of aliphatic imine (C=N–C) groups is 1. The third-order valence-electron chi connectivity index (χ3n) is 4.54. The minimum Gasteiger partial charge on any atom is -0.370 e. The predicted molar refractivity (Wildman–Crippen MR) is 82.0 cm³/mol. The van der Waals surface area contributed by atoms with Crippen LogP contribution in [0.1, 0.15) is 31.2 Å². The molecular weight excluding hydrogens is 302 g/mol. The summed E-state index contributed by atoms with van der Waals surface area (Å²) < 4.78 is 1.12. The molecule has 1 atom stereocenters. The molecule has 3 rings (SSSR count). The van der Waals surface area contributed by atoms with Crippen molar-refractivity contribution in [3.8, 4) is 0 Å². The number of guanidine groups is 1. The van der Waals surface area contributed by atoms with Gasteiger partial charge in [0.15, 0.2) is 5.96 Å². The topological polar surface area (TPSA) is 41.6 Å². The summed E-state index contributed by atoms with van der Waals surface area (Å²) in [6, 6.07) is 8.56. The van der Waals surface area contributed by atoms with Crippen LogP contribution in [0.3, 0.4) is 0 Å². The van der Waals surface area contributed by atoms with Crippen LogP contribution in [0.25, 0.3) is 0 Å². The Balaban J connectivity index is 2.07. The van der Waals surface area contributed by atoms with E-state index in [4.69, 9.17) is 10.7 Å². The van der Waals surface area contributed by atoms with Crippen LogP contribution in [0.4, 0.5) is 0 Å². The van der Waals surface area contributed by atoms with Crippen LogP contribution < -0.4 is 5.73 Å². The standard InChI is InChI=1S/C15H20BrN3/c1-19-10-15(18-14(19)17,11-5-2-3-6-11)12-7-4-8-13(16)9-12/h4,7-9,11H,2-3,5-6,10H2,1H3,(H2,17,18). The van der Waals surface area contributed by atoms with E-state index in [2.05, 4.69) is 45.1 Å². The fraction of sp³-hybridized carbons (Fsp3) is 0.533. The maximum Gasteiger partial charge on any atom is 0.192 e. The van der Waals surface area contributed by atoms with Gasteiger partial charge in [-0.25, -0.2) is 4.99 Å². The monoisotopic (exact) mass is 321 g/mol. The molecule has 0 spiro atoms. The Morgan fingerprint density at radius 1 is 1.37 bits per heavy atom. The average molecular weight is 322 g/mol. The summed E-state index contributed by atoms with van der Waals surface area (Å²) in [4.78, 5) is 6.98. The van der Waals surface area contributed by atoms with Crippen molar-refractivity contribution >= 4 is 21.9 Å². The molecule has 1 fully saturated rings. The van der Waals surface area contributed by atoms with E-state index in [-0.39, 0.29) is 5.54 Å². The highest BCUT2D eigenvalue weighted by atomic mass is 79.9. The molecule has 1 aromatic rings. The van der Waals surface area contributed by atoms with Gasteiger partial charge in [0.1, 0.15) is 5.54 Å². The zero-order chi connectivity index (χ0) is 13.5. The molecule has 0 saturated heterocycles. The maximum atomic E-state index is 6.06. The molecule has 19 heavy (non-hydrogen) atoms. The Morgan fingerprint density at radius 3 is 2.68 bits per heavy atom. The molecule has 2 N–H and O–H groups in total. The van der Waals surface area contributed by atoms with Gasteiger partial charge in [-0.15, -0.1) is 0 Å². The molecular formula is C15H20BrN3. The lowest BCUT2D eigenvalue weighted by molar-refractivity contribution is 0.260. The number of benzene rings is 1. The average Bonchev–Trinajstić information content (AvgIpc) is 2.99. The maximum absolute atomic E-state index is 6.06. The molecule has 1 aliphatic heterocycles. The second-order valence-corrected chi connectivity index (χ2v) is 6.66. The zero-order valence-electron chi connectivity index (χ0n) is 11.3. The highest BCUT2D eigenvalue weighted by Gasteiger charge is 2.46. The van der Waals surface area contributed by atoms with Gasteiger partial charge in [-0.1, -0.05) is 40.9 Å². The van der Waals surface area contributed by atoms with E-state index in [0.29, 0.717) is 11.9 Å². The van der Waals surface area contributed by atoms with Gasteiger partial charge in [0.25, 0.3) is 0 Å². The number of rotatable bonds is 2. The first kappa shape index (κ1) is 13.0. The quantitative estimate of drug-likeness (QED) is 0.909. The van der Waals surface area contributed by atoms with Gasteiger partial charge in [-0.2, -0.15) is 0 Å². The summed E-state index contributed by atoms with van der Waals surface area (Å²) in [7, 11) is 2.04. The highest BCUT2D eigenvalue weighted by molar-refractivity contribution is 9.10. The minimum atomic E-state index is -0.140. The van der Waals surface area contributed by atoms with Crippen LogP contribution in [-0.2, 0) is 5.54 Å². The number of nitrogens with two attached hydrogens (primary N) is 1. The van der Waals surface area contributed by atoms with Gasteiger partial charge in [0, 0.05) is 11.5 Å². The first-order valence-electron chi connectivity index (χ1n) is 6.94. The summed E-state index contributed by atoms with van der Waals surface area (Å²) in [5, 5.41) is 0. The van der Waals surface area contributed by atoms with Gasteiger partial charge in [-0.05, 0) is 36.5 Å². The second kappa shape index (κ2) is 4.82. The first-order valence-corrected chi connectivity index (χ1v) is 7.74. The lowest BCUT2D eigenvalue weighted by Crippen LogP contribution is -2.38. The van der Waals surface area contributed by atoms with E-state index in [1.165, 1.54) is 31.2 Å². The van der Waals surface area contributed by atoms with E-state index < -0.39 is 0 Å². The van der Waals surface area contributed by atoms with Crippen LogP contribution >= 0.6 is 15.9 Å². The molecule has 1 saturated carbocycles. The molecule has 1 aliphatic carbocycles. The molecule has 102 valence electrons. The molecule has 0 amide bonds. The van der Waals surface area contributed by atoms with Crippen LogP contribution in [0.5, 0.6) is 0 Å². The van der Waals surface area contributed by atoms with Crippen LogP contribution in [0, 0.1) is 5.92 Å². The lowest BCUT2D eigenvalue weighted by atomic mass is 9.77. The molecule has 0 radical (unpaired) electrons. The van der Waals surface area contributed by atoms with Crippen LogP contribution in [0.15, 0.2) is 33.7 Å². The molecule has 2 aliphatic rings. The number of nitrogens with zero attached hydrogens (tertiary/aromatic N) is 2. The minimum absolute atomic E-state index is 0.140. The van der Waals surface area contributed by atoms with Crippen LogP contribution in [0.2, 0.25) is 0 Å². The van der Waals surface area contributed by atoms with Crippen molar-refractivity contribution in [1.82, 2.24) is 4.90 Å². The first-order chi connectivity index (χ1) is 9.12. The van der Waals surface area contributed by atoms with Crippen molar-refractivity contribution in [3.05, 3.63) is 34.3 Å². The van der Waals surface area contributed by atoms with E-state index in [0.717, 1.165) is 11.0 Å². The Morgan fingerprint density at radius 2 is 2.11 bits per heavy atom. The SMILES string of the molecule is CN1CC(c2cccc(Br)c2)(C2CCCC2)N=C1N. The lowest BCUT2D eigenvalue weighted by Gasteiger charge is -2.33. The van der Waals surface area contributed by atoms with Gasteiger partial charge >= 0.3 is 0 Å². The number of hydrogen-bond acceptors (Lipinski definition) is 3. The van der Waals surface area contributed by atoms with Gasteiger partial charge in [-0.3, -0.25) is 0 Å². The number of hydrogen-bond donors (Lipinski definition) is 1. The van der Waals surface area contributed by atoms with Gasteiger partial charge in [0.2, 0.25) is 0 Å². The summed E-state index contributed by atoms with van der Waals surface area (Å²) in [6.45, 7) is 0.903. The second-order valence-electron chi connectivity index (χ2n) is 5.74. The zero-order valence-corrected chi connectivity index (χ0v) is 12.9. The van der Waals surface area contributed by atoms with Crippen molar-refractivity contribution in [1.29, 1.82) is 0 Å². The number of halogens is 1. The fourth-order valence-corrected chi connectivity index (χ4v) is 3.94. The molecule has 1 heterocycles. The third kappa shape index (κ3) is 2.16. The van der Waals surface area contributed by atoms with Crippen molar-refractivity contribution in [2.75, 3.05) is 13.6 Å². The highest BCUT2D eigenvalue weighted by Crippen LogP contribution is 2.46. The van der Waals surface area contributed by atoms with Gasteiger partial charge < -0.3 is 10.6 Å². The van der Waals surface area contributed by atoms with Crippen molar-refractivity contribution in [2.45, 2.75) is 31.2 Å². The Hall–Kier alpha value is -1.03. The summed E-state index contributed by atoms with van der Waals surface area (Å²) in [6.07, 6.45) is 5.16. The Labute approximate surface area is 123 Å². The summed E-state index contributed by atoms with van der Waals surface area (Å²) in [5.41, 5.74) is 7.21. The predicted octanol–water partition coefficient (Wildman–Crippen LogP) is 3.09. The van der Waals surface area contributed by atoms with E-state index in [1.54, 1.807) is 0 Å². The van der Waals surface area contributed by atoms with E-state index in [1.807, 2.05) is 7.05 Å². The Kier molecular flexibility index (Phi) is 3.29. The van der Waals surface area contributed by atoms with E-state index in [9.17, 15) is 0 Å². The van der Waals surface area contributed by atoms with Crippen molar-refractivity contribution in [2.24, 2.45) is 16.6 Å². The molecule has 4 heteroatoms. The van der Waals surface area contributed by atoms with Crippen LogP contribution in [-0.4, -0.2) is 24.5 Å². The van der Waals surface area contributed by atoms with Crippen molar-refractivity contribution in [3.63, 3.8) is 0 Å². The summed E-state index contributed by atoms with van der Waals surface area (Å²) >= 11 is 3.58. The molecule has 3 nitrogen and oxygen atoms in total. The van der Waals surface area contributed by atoms with Gasteiger partial charge in [0.05, 0.1) is 6.54 Å². The largest absolute Gasteiger partial charge is 0.370 e. The normalized spacial score (nSPS) is 27.9. The summed E-state index contributed by atoms with van der Waals surface area (Å²) in [5.74, 6) is 1.29. The smallest absolute Gasteiger partial charge is 0.192 e. The van der Waals surface area contributed by atoms with Crippen molar-refractivity contribution < 1.29 is 0 Å². The molecule has 1 unspecified atom stereocenters. The molecule has 1 aromatic carbocycles.